The Hall–Kier alpha value is -2.55. The van der Waals surface area contributed by atoms with E-state index in [0.29, 0.717) is 25.0 Å². The molecule has 138 valence electrons. The first-order valence-corrected chi connectivity index (χ1v) is 9.81. The number of nitrogens with zero attached hydrogens (tertiary/aromatic N) is 3. The fraction of sp³-hybridized carbons (Fsp3) is 0.294. The standard InChI is InChI=1S/C17H17F2N3O3S/c1-26(24,25)15-3-2-6-20-16(15)21-7-9-22(10-8-21)17(23)13-5-4-12(18)11-14(13)19/h2-6,11H,7-10H2,1H3. The monoisotopic (exact) mass is 381 g/mol. The zero-order valence-electron chi connectivity index (χ0n) is 14.0. The molecule has 0 aliphatic carbocycles. The van der Waals surface area contributed by atoms with E-state index in [-0.39, 0.29) is 23.5 Å². The lowest BCUT2D eigenvalue weighted by Crippen LogP contribution is -2.49. The van der Waals surface area contributed by atoms with Gasteiger partial charge in [-0.2, -0.15) is 0 Å². The minimum atomic E-state index is -3.44. The molecule has 1 aliphatic rings. The van der Waals surface area contributed by atoms with Crippen LogP contribution >= 0.6 is 0 Å². The molecule has 2 heterocycles. The van der Waals surface area contributed by atoms with Gasteiger partial charge >= 0.3 is 0 Å². The van der Waals surface area contributed by atoms with Crippen molar-refractivity contribution in [3.63, 3.8) is 0 Å². The third kappa shape index (κ3) is 3.67. The maximum atomic E-state index is 13.8. The average molecular weight is 381 g/mol. The Kier molecular flexibility index (Phi) is 4.90. The minimum absolute atomic E-state index is 0.129. The third-order valence-corrected chi connectivity index (χ3v) is 5.30. The third-order valence-electron chi connectivity index (χ3n) is 4.18. The molecule has 1 aromatic carbocycles. The van der Waals surface area contributed by atoms with E-state index in [1.165, 1.54) is 17.2 Å². The van der Waals surface area contributed by atoms with Gasteiger partial charge in [-0.25, -0.2) is 22.2 Å². The van der Waals surface area contributed by atoms with Crippen LogP contribution in [0.3, 0.4) is 0 Å². The van der Waals surface area contributed by atoms with Crippen molar-refractivity contribution in [2.45, 2.75) is 4.90 Å². The number of aromatic nitrogens is 1. The maximum Gasteiger partial charge on any atom is 0.256 e. The number of sulfone groups is 1. The van der Waals surface area contributed by atoms with Crippen LogP contribution in [0, 0.1) is 11.6 Å². The predicted molar refractivity (Wildman–Crippen MR) is 91.8 cm³/mol. The molecule has 0 N–H and O–H groups in total. The van der Waals surface area contributed by atoms with E-state index in [4.69, 9.17) is 0 Å². The van der Waals surface area contributed by atoms with Gasteiger partial charge < -0.3 is 9.80 Å². The molecule has 0 unspecified atom stereocenters. The molecule has 6 nitrogen and oxygen atoms in total. The Balaban J connectivity index is 1.75. The van der Waals surface area contributed by atoms with Crippen LogP contribution < -0.4 is 4.90 Å². The Bertz CT molecular complexity index is 942. The van der Waals surface area contributed by atoms with Crippen molar-refractivity contribution in [2.24, 2.45) is 0 Å². The lowest BCUT2D eigenvalue weighted by Gasteiger charge is -2.36. The first kappa shape index (κ1) is 18.2. The second kappa shape index (κ2) is 6.99. The van der Waals surface area contributed by atoms with E-state index in [2.05, 4.69) is 4.98 Å². The molecule has 1 aromatic heterocycles. The van der Waals surface area contributed by atoms with Gasteiger partial charge in [0.25, 0.3) is 5.91 Å². The number of hydrogen-bond acceptors (Lipinski definition) is 5. The first-order chi connectivity index (χ1) is 12.3. The topological polar surface area (TPSA) is 70.6 Å². The number of carbonyl (C=O) groups is 1. The van der Waals surface area contributed by atoms with E-state index in [1.807, 2.05) is 0 Å². The SMILES string of the molecule is CS(=O)(=O)c1cccnc1N1CCN(C(=O)c2ccc(F)cc2F)CC1. The average Bonchev–Trinajstić information content (AvgIpc) is 2.61. The molecule has 26 heavy (non-hydrogen) atoms. The number of pyridine rings is 1. The summed E-state index contributed by atoms with van der Waals surface area (Å²) in [6, 6.07) is 5.88. The fourth-order valence-electron chi connectivity index (χ4n) is 2.86. The zero-order chi connectivity index (χ0) is 18.9. The van der Waals surface area contributed by atoms with Gasteiger partial charge in [0, 0.05) is 44.7 Å². The van der Waals surface area contributed by atoms with Crippen molar-refractivity contribution in [1.82, 2.24) is 9.88 Å². The number of amides is 1. The first-order valence-electron chi connectivity index (χ1n) is 7.92. The number of halogens is 2. The largest absolute Gasteiger partial charge is 0.352 e. The molecule has 1 saturated heterocycles. The lowest BCUT2D eigenvalue weighted by atomic mass is 10.1. The van der Waals surface area contributed by atoms with Crippen LogP contribution in [0.25, 0.3) is 0 Å². The van der Waals surface area contributed by atoms with Crippen LogP contribution in [0.5, 0.6) is 0 Å². The molecular weight excluding hydrogens is 364 g/mol. The molecule has 1 fully saturated rings. The van der Waals surface area contributed by atoms with Crippen LogP contribution in [-0.2, 0) is 9.84 Å². The summed E-state index contributed by atoms with van der Waals surface area (Å²) in [5, 5.41) is 0. The van der Waals surface area contributed by atoms with Crippen molar-refractivity contribution in [3.8, 4) is 0 Å². The highest BCUT2D eigenvalue weighted by atomic mass is 32.2. The van der Waals surface area contributed by atoms with Gasteiger partial charge in [-0.1, -0.05) is 0 Å². The molecule has 2 aromatic rings. The molecule has 1 amide bonds. The Morgan fingerprint density at radius 2 is 1.81 bits per heavy atom. The van der Waals surface area contributed by atoms with Crippen LogP contribution in [0.15, 0.2) is 41.4 Å². The molecule has 0 spiro atoms. The van der Waals surface area contributed by atoms with Crippen LogP contribution in [0.2, 0.25) is 0 Å². The second-order valence-electron chi connectivity index (χ2n) is 6.00. The molecule has 0 saturated carbocycles. The van der Waals surface area contributed by atoms with Crippen molar-refractivity contribution < 1.29 is 22.0 Å². The Morgan fingerprint density at radius 3 is 2.42 bits per heavy atom. The number of anilines is 1. The highest BCUT2D eigenvalue weighted by Gasteiger charge is 2.27. The molecule has 9 heteroatoms. The minimum Gasteiger partial charge on any atom is -0.352 e. The number of piperazine rings is 1. The van der Waals surface area contributed by atoms with E-state index in [0.717, 1.165) is 18.4 Å². The quantitative estimate of drug-likeness (QED) is 0.810. The van der Waals surface area contributed by atoms with Crippen molar-refractivity contribution in [1.29, 1.82) is 0 Å². The number of hydrogen-bond donors (Lipinski definition) is 0. The van der Waals surface area contributed by atoms with Gasteiger partial charge in [-0.15, -0.1) is 0 Å². The molecular formula is C17H17F2N3O3S. The van der Waals surface area contributed by atoms with Crippen molar-refractivity contribution in [2.75, 3.05) is 37.3 Å². The predicted octanol–water partition coefficient (Wildman–Crippen LogP) is 1.73. The maximum absolute atomic E-state index is 13.8. The molecule has 0 radical (unpaired) electrons. The summed E-state index contributed by atoms with van der Waals surface area (Å²) in [6.45, 7) is 1.26. The smallest absolute Gasteiger partial charge is 0.256 e. The van der Waals surface area contributed by atoms with E-state index < -0.39 is 27.4 Å². The van der Waals surface area contributed by atoms with Crippen molar-refractivity contribution in [3.05, 3.63) is 53.7 Å². The number of carbonyl (C=O) groups excluding carboxylic acids is 1. The molecule has 0 atom stereocenters. The van der Waals surface area contributed by atoms with E-state index >= 15 is 0 Å². The van der Waals surface area contributed by atoms with Gasteiger partial charge in [0.05, 0.1) is 5.56 Å². The zero-order valence-corrected chi connectivity index (χ0v) is 14.8. The van der Waals surface area contributed by atoms with Gasteiger partial charge in [-0.3, -0.25) is 4.79 Å². The summed E-state index contributed by atoms with van der Waals surface area (Å²) in [6.07, 6.45) is 2.63. The van der Waals surface area contributed by atoms with E-state index in [1.54, 1.807) is 11.0 Å². The van der Waals surface area contributed by atoms with Gasteiger partial charge in [0.15, 0.2) is 9.84 Å². The Morgan fingerprint density at radius 1 is 1.12 bits per heavy atom. The summed E-state index contributed by atoms with van der Waals surface area (Å²) in [5.74, 6) is -1.82. The van der Waals surface area contributed by atoms with E-state index in [9.17, 15) is 22.0 Å². The van der Waals surface area contributed by atoms with Gasteiger partial charge in [-0.05, 0) is 24.3 Å². The molecule has 3 rings (SSSR count). The normalized spacial score (nSPS) is 15.2. The Labute approximate surface area is 150 Å². The molecule has 0 bridgehead atoms. The van der Waals surface area contributed by atoms with Crippen molar-refractivity contribution >= 4 is 21.6 Å². The van der Waals surface area contributed by atoms with Crippen LogP contribution in [0.4, 0.5) is 14.6 Å². The highest BCUT2D eigenvalue weighted by molar-refractivity contribution is 7.90. The summed E-state index contributed by atoms with van der Waals surface area (Å²) in [5.41, 5.74) is -0.186. The summed E-state index contributed by atoms with van der Waals surface area (Å²) in [4.78, 5) is 20.0. The summed E-state index contributed by atoms with van der Waals surface area (Å²) >= 11 is 0. The number of rotatable bonds is 3. The van der Waals surface area contributed by atoms with Gasteiger partial charge in [0.1, 0.15) is 22.3 Å². The van der Waals surface area contributed by atoms with Crippen LogP contribution in [0.1, 0.15) is 10.4 Å². The lowest BCUT2D eigenvalue weighted by molar-refractivity contribution is 0.0741. The van der Waals surface area contributed by atoms with Crippen LogP contribution in [-0.4, -0.2) is 56.6 Å². The highest BCUT2D eigenvalue weighted by Crippen LogP contribution is 2.24. The molecule has 1 aliphatic heterocycles. The summed E-state index contributed by atoms with van der Waals surface area (Å²) in [7, 11) is -3.44. The number of benzene rings is 1. The second-order valence-corrected chi connectivity index (χ2v) is 7.98. The van der Waals surface area contributed by atoms with Gasteiger partial charge in [0.2, 0.25) is 0 Å². The fourth-order valence-corrected chi connectivity index (χ4v) is 3.70. The summed E-state index contributed by atoms with van der Waals surface area (Å²) < 4.78 is 50.6.